The van der Waals surface area contributed by atoms with Gasteiger partial charge in [-0.25, -0.2) is 0 Å². The lowest BCUT2D eigenvalue weighted by Crippen LogP contribution is -2.24. The van der Waals surface area contributed by atoms with Gasteiger partial charge in [0.2, 0.25) is 11.0 Å². The Morgan fingerprint density at radius 3 is 2.61 bits per heavy atom. The molecule has 142 valence electrons. The summed E-state index contributed by atoms with van der Waals surface area (Å²) in [6.45, 7) is 0.534. The minimum absolute atomic E-state index is 0.0419. The number of anilines is 2. The summed E-state index contributed by atoms with van der Waals surface area (Å²) in [4.78, 5) is 26.4. The first-order chi connectivity index (χ1) is 13.6. The summed E-state index contributed by atoms with van der Waals surface area (Å²) in [5.74, 6) is 0.509. The maximum atomic E-state index is 12.5. The molecule has 1 N–H and O–H groups in total. The summed E-state index contributed by atoms with van der Waals surface area (Å²) in [6.07, 6.45) is 0.368. The van der Waals surface area contributed by atoms with Gasteiger partial charge < -0.3 is 9.64 Å². The highest BCUT2D eigenvalue weighted by molar-refractivity contribution is 7.15. The van der Waals surface area contributed by atoms with E-state index in [4.69, 9.17) is 4.74 Å². The quantitative estimate of drug-likeness (QED) is 0.718. The SMILES string of the molecule is COc1ccc(N2C[C@H](c3nnc(NC(=O)c4ccccc4)s3)CC2=O)cc1. The maximum absolute atomic E-state index is 12.5. The van der Waals surface area contributed by atoms with Crippen LogP contribution in [0.2, 0.25) is 0 Å². The Kier molecular flexibility index (Phi) is 5.03. The fourth-order valence-electron chi connectivity index (χ4n) is 3.09. The number of nitrogens with zero attached hydrogens (tertiary/aromatic N) is 3. The number of hydrogen-bond acceptors (Lipinski definition) is 6. The van der Waals surface area contributed by atoms with Crippen LogP contribution in [-0.2, 0) is 4.79 Å². The van der Waals surface area contributed by atoms with E-state index in [1.165, 1.54) is 11.3 Å². The number of carbonyl (C=O) groups is 2. The molecule has 1 aliphatic rings. The van der Waals surface area contributed by atoms with Gasteiger partial charge in [0, 0.05) is 30.1 Å². The molecule has 1 aliphatic heterocycles. The molecule has 0 aliphatic carbocycles. The Bertz CT molecular complexity index is 988. The van der Waals surface area contributed by atoms with Crippen molar-refractivity contribution in [1.29, 1.82) is 0 Å². The normalized spacial score (nSPS) is 16.2. The summed E-state index contributed by atoms with van der Waals surface area (Å²) >= 11 is 1.31. The van der Waals surface area contributed by atoms with Gasteiger partial charge in [0.15, 0.2) is 0 Å². The third-order valence-corrected chi connectivity index (χ3v) is 5.56. The van der Waals surface area contributed by atoms with Gasteiger partial charge in [-0.1, -0.05) is 29.5 Å². The molecular formula is C20H18N4O3S. The molecule has 2 amide bonds. The summed E-state index contributed by atoms with van der Waals surface area (Å²) in [5.41, 5.74) is 1.39. The van der Waals surface area contributed by atoms with Crippen LogP contribution in [0.4, 0.5) is 10.8 Å². The lowest BCUT2D eigenvalue weighted by atomic mass is 10.1. The van der Waals surface area contributed by atoms with Crippen LogP contribution >= 0.6 is 11.3 Å². The molecule has 0 unspecified atom stereocenters. The van der Waals surface area contributed by atoms with Crippen molar-refractivity contribution < 1.29 is 14.3 Å². The monoisotopic (exact) mass is 394 g/mol. The van der Waals surface area contributed by atoms with E-state index in [0.717, 1.165) is 16.4 Å². The van der Waals surface area contributed by atoms with Crippen LogP contribution in [-0.4, -0.2) is 35.7 Å². The molecule has 0 radical (unpaired) electrons. The van der Waals surface area contributed by atoms with Crippen LogP contribution in [0.1, 0.15) is 27.7 Å². The minimum atomic E-state index is -0.231. The minimum Gasteiger partial charge on any atom is -0.497 e. The van der Waals surface area contributed by atoms with E-state index < -0.39 is 0 Å². The third kappa shape index (κ3) is 3.72. The van der Waals surface area contributed by atoms with Gasteiger partial charge in [0.1, 0.15) is 10.8 Å². The van der Waals surface area contributed by atoms with Crippen molar-refractivity contribution in [2.45, 2.75) is 12.3 Å². The number of ether oxygens (including phenoxy) is 1. The second-order valence-electron chi connectivity index (χ2n) is 6.37. The van der Waals surface area contributed by atoms with Crippen LogP contribution in [0.5, 0.6) is 5.75 Å². The smallest absolute Gasteiger partial charge is 0.257 e. The summed E-state index contributed by atoms with van der Waals surface area (Å²) in [7, 11) is 1.61. The van der Waals surface area contributed by atoms with Crippen molar-refractivity contribution in [3.05, 3.63) is 65.2 Å². The van der Waals surface area contributed by atoms with Gasteiger partial charge in [-0.15, -0.1) is 10.2 Å². The summed E-state index contributed by atoms with van der Waals surface area (Å²) in [6, 6.07) is 16.3. The second kappa shape index (κ2) is 7.77. The molecule has 1 fully saturated rings. The van der Waals surface area contributed by atoms with Crippen molar-refractivity contribution >= 4 is 34.0 Å². The zero-order valence-corrected chi connectivity index (χ0v) is 16.0. The van der Waals surface area contributed by atoms with Crippen molar-refractivity contribution in [3.63, 3.8) is 0 Å². The van der Waals surface area contributed by atoms with Crippen LogP contribution in [0.25, 0.3) is 0 Å². The van der Waals surface area contributed by atoms with Crippen molar-refractivity contribution in [2.75, 3.05) is 23.9 Å². The van der Waals surface area contributed by atoms with Crippen LogP contribution in [0, 0.1) is 0 Å². The fourth-order valence-corrected chi connectivity index (χ4v) is 3.92. The standard InChI is InChI=1S/C20H18N4O3S/c1-27-16-9-7-15(8-10-16)24-12-14(11-17(24)25)19-22-23-20(28-19)21-18(26)13-5-3-2-4-6-13/h2-10,14H,11-12H2,1H3,(H,21,23,26)/t14-/m1/s1. The molecule has 1 saturated heterocycles. The number of nitrogens with one attached hydrogen (secondary N) is 1. The van der Waals surface area contributed by atoms with Crippen LogP contribution < -0.4 is 15.0 Å². The molecule has 3 aromatic rings. The van der Waals surface area contributed by atoms with Gasteiger partial charge >= 0.3 is 0 Å². The third-order valence-electron chi connectivity index (χ3n) is 4.56. The van der Waals surface area contributed by atoms with E-state index in [1.807, 2.05) is 30.3 Å². The number of hydrogen-bond donors (Lipinski definition) is 1. The van der Waals surface area contributed by atoms with Gasteiger partial charge in [-0.3, -0.25) is 14.9 Å². The van der Waals surface area contributed by atoms with E-state index >= 15 is 0 Å². The van der Waals surface area contributed by atoms with Gasteiger partial charge in [0.05, 0.1) is 7.11 Å². The van der Waals surface area contributed by atoms with E-state index in [2.05, 4.69) is 15.5 Å². The number of amides is 2. The van der Waals surface area contributed by atoms with Gasteiger partial charge in [-0.05, 0) is 36.4 Å². The van der Waals surface area contributed by atoms with Crippen LogP contribution in [0.15, 0.2) is 54.6 Å². The van der Waals surface area contributed by atoms with E-state index in [9.17, 15) is 9.59 Å². The molecular weight excluding hydrogens is 376 g/mol. The molecule has 0 bridgehead atoms. The highest BCUT2D eigenvalue weighted by Gasteiger charge is 2.34. The lowest BCUT2D eigenvalue weighted by molar-refractivity contribution is -0.117. The number of benzene rings is 2. The Labute approximate surface area is 166 Å². The predicted molar refractivity (Wildman–Crippen MR) is 107 cm³/mol. The topological polar surface area (TPSA) is 84.4 Å². The maximum Gasteiger partial charge on any atom is 0.257 e. The second-order valence-corrected chi connectivity index (χ2v) is 7.38. The lowest BCUT2D eigenvalue weighted by Gasteiger charge is -2.16. The Balaban J connectivity index is 1.44. The summed E-state index contributed by atoms with van der Waals surface area (Å²) in [5, 5.41) is 12.2. The van der Waals surface area contributed by atoms with Gasteiger partial charge in [-0.2, -0.15) is 0 Å². The molecule has 1 aromatic heterocycles. The Morgan fingerprint density at radius 2 is 1.89 bits per heavy atom. The first-order valence-corrected chi connectivity index (χ1v) is 9.60. The van der Waals surface area contributed by atoms with Crippen molar-refractivity contribution in [1.82, 2.24) is 10.2 Å². The molecule has 1 atom stereocenters. The molecule has 0 spiro atoms. The zero-order valence-electron chi connectivity index (χ0n) is 15.2. The van der Waals surface area contributed by atoms with Gasteiger partial charge in [0.25, 0.3) is 5.91 Å². The van der Waals surface area contributed by atoms with E-state index in [0.29, 0.717) is 23.7 Å². The zero-order chi connectivity index (χ0) is 19.5. The number of carbonyl (C=O) groups excluding carboxylic acids is 2. The van der Waals surface area contributed by atoms with Crippen LogP contribution in [0.3, 0.4) is 0 Å². The van der Waals surface area contributed by atoms with E-state index in [-0.39, 0.29) is 17.7 Å². The molecule has 0 saturated carbocycles. The van der Waals surface area contributed by atoms with Crippen molar-refractivity contribution in [3.8, 4) is 5.75 Å². The fraction of sp³-hybridized carbons (Fsp3) is 0.200. The average molecular weight is 394 g/mol. The molecule has 4 rings (SSSR count). The first kappa shape index (κ1) is 18.1. The number of aromatic nitrogens is 2. The Hall–Kier alpha value is -3.26. The molecule has 28 heavy (non-hydrogen) atoms. The molecule has 8 heteroatoms. The number of rotatable bonds is 5. The highest BCUT2D eigenvalue weighted by atomic mass is 32.1. The average Bonchev–Trinajstić information content (AvgIpc) is 3.35. The predicted octanol–water partition coefficient (Wildman–Crippen LogP) is 3.32. The summed E-state index contributed by atoms with van der Waals surface area (Å²) < 4.78 is 5.16. The Morgan fingerprint density at radius 1 is 1.14 bits per heavy atom. The largest absolute Gasteiger partial charge is 0.497 e. The number of methoxy groups -OCH3 is 1. The van der Waals surface area contributed by atoms with E-state index in [1.54, 1.807) is 36.3 Å². The molecule has 2 aromatic carbocycles. The molecule has 2 heterocycles. The molecule has 7 nitrogen and oxygen atoms in total. The highest BCUT2D eigenvalue weighted by Crippen LogP contribution is 2.34. The van der Waals surface area contributed by atoms with Crippen molar-refractivity contribution in [2.24, 2.45) is 0 Å². The first-order valence-electron chi connectivity index (χ1n) is 8.78.